The van der Waals surface area contributed by atoms with Crippen LogP contribution < -0.4 is 28.9 Å². The average Bonchev–Trinajstić information content (AvgIpc) is 3.20. The molecular formula is C22H23Cl2IN4S. The van der Waals surface area contributed by atoms with Crippen molar-refractivity contribution in [2.45, 2.75) is 12.5 Å². The standard InChI is InChI=1S/C22H23Cl2N4S.HI/c1-28(2,3)12-13-10-27(22-26-18-7-5-15(24)9-20(18)29-22)11-19-21(13)16-8-14(23)4-6-17(16)25-19;/h4-9,13,25H,10-12H2,1-3H3;1H/q+1;/p-1. The summed E-state index contributed by atoms with van der Waals surface area (Å²) in [7, 11) is 6.75. The summed E-state index contributed by atoms with van der Waals surface area (Å²) in [5.41, 5.74) is 4.84. The Morgan fingerprint density at radius 3 is 2.63 bits per heavy atom. The van der Waals surface area contributed by atoms with Gasteiger partial charge in [0.05, 0.1) is 50.4 Å². The van der Waals surface area contributed by atoms with Crippen molar-refractivity contribution in [3.63, 3.8) is 0 Å². The number of H-pyrrole nitrogens is 1. The van der Waals surface area contributed by atoms with Gasteiger partial charge < -0.3 is 38.3 Å². The van der Waals surface area contributed by atoms with Crippen LogP contribution in [0, 0.1) is 0 Å². The van der Waals surface area contributed by atoms with E-state index in [-0.39, 0.29) is 24.0 Å². The third-order valence-corrected chi connectivity index (χ3v) is 7.01. The average molecular weight is 573 g/mol. The second-order valence-corrected chi connectivity index (χ2v) is 10.7. The molecular weight excluding hydrogens is 550 g/mol. The van der Waals surface area contributed by atoms with Gasteiger partial charge in [0.25, 0.3) is 0 Å². The van der Waals surface area contributed by atoms with Gasteiger partial charge in [-0.25, -0.2) is 4.98 Å². The van der Waals surface area contributed by atoms with Crippen molar-refractivity contribution in [3.8, 4) is 0 Å². The maximum atomic E-state index is 6.33. The van der Waals surface area contributed by atoms with Crippen LogP contribution in [0.15, 0.2) is 36.4 Å². The predicted octanol–water partition coefficient (Wildman–Crippen LogP) is 2.90. The Kier molecular flexibility index (Phi) is 6.00. The van der Waals surface area contributed by atoms with Gasteiger partial charge in [0.15, 0.2) is 5.13 Å². The monoisotopic (exact) mass is 572 g/mol. The largest absolute Gasteiger partial charge is 1.00 e. The molecule has 1 N–H and O–H groups in total. The van der Waals surface area contributed by atoms with E-state index in [2.05, 4.69) is 43.2 Å². The Hall–Kier alpha value is -1.06. The fourth-order valence-corrected chi connectivity index (χ4v) is 5.84. The van der Waals surface area contributed by atoms with Crippen molar-refractivity contribution in [1.29, 1.82) is 0 Å². The van der Waals surface area contributed by atoms with Crippen molar-refractivity contribution < 1.29 is 28.5 Å². The second-order valence-electron chi connectivity index (χ2n) is 8.87. The molecule has 0 spiro atoms. The number of likely N-dealkylation sites (N-methyl/N-ethyl adjacent to an activating group) is 1. The lowest BCUT2D eigenvalue weighted by atomic mass is 9.91. The summed E-state index contributed by atoms with van der Waals surface area (Å²) in [5.74, 6) is 0.390. The maximum absolute atomic E-state index is 6.33. The molecule has 1 unspecified atom stereocenters. The minimum absolute atomic E-state index is 0. The van der Waals surface area contributed by atoms with Gasteiger partial charge in [-0.15, -0.1) is 0 Å². The number of quaternary nitrogens is 1. The lowest BCUT2D eigenvalue weighted by Crippen LogP contribution is -3.00. The second kappa shape index (κ2) is 8.13. The first kappa shape index (κ1) is 22.1. The zero-order valence-corrected chi connectivity index (χ0v) is 21.5. The minimum atomic E-state index is 0. The summed E-state index contributed by atoms with van der Waals surface area (Å²) < 4.78 is 2.03. The molecule has 2 aromatic heterocycles. The van der Waals surface area contributed by atoms with Gasteiger partial charge in [-0.3, -0.25) is 0 Å². The van der Waals surface area contributed by atoms with E-state index in [1.807, 2.05) is 24.3 Å². The number of nitrogens with one attached hydrogen (secondary N) is 1. The maximum Gasteiger partial charge on any atom is 0.186 e. The molecule has 0 radical (unpaired) electrons. The molecule has 8 heteroatoms. The van der Waals surface area contributed by atoms with Crippen LogP contribution in [-0.2, 0) is 6.54 Å². The fourth-order valence-electron chi connectivity index (χ4n) is 4.42. The number of aromatic nitrogens is 2. The van der Waals surface area contributed by atoms with Crippen LogP contribution >= 0.6 is 34.5 Å². The van der Waals surface area contributed by atoms with E-state index in [1.54, 1.807) is 11.3 Å². The van der Waals surface area contributed by atoms with E-state index < -0.39 is 0 Å². The third kappa shape index (κ3) is 4.17. The highest BCUT2D eigenvalue weighted by Gasteiger charge is 2.33. The Morgan fingerprint density at radius 2 is 1.87 bits per heavy atom. The molecule has 0 fully saturated rings. The first-order chi connectivity index (χ1) is 13.8. The molecule has 5 rings (SSSR count). The molecule has 3 heterocycles. The number of benzene rings is 2. The van der Waals surface area contributed by atoms with Crippen LogP contribution in [0.3, 0.4) is 0 Å². The number of hydrogen-bond donors (Lipinski definition) is 1. The van der Waals surface area contributed by atoms with Gasteiger partial charge in [0.1, 0.15) is 0 Å². The highest BCUT2D eigenvalue weighted by molar-refractivity contribution is 7.22. The number of nitrogens with zero attached hydrogens (tertiary/aromatic N) is 3. The summed E-state index contributed by atoms with van der Waals surface area (Å²) in [6, 6.07) is 12.1. The first-order valence-corrected chi connectivity index (χ1v) is 11.3. The van der Waals surface area contributed by atoms with Crippen molar-refractivity contribution in [2.24, 2.45) is 0 Å². The van der Waals surface area contributed by atoms with Crippen molar-refractivity contribution in [1.82, 2.24) is 9.97 Å². The Morgan fingerprint density at radius 1 is 1.13 bits per heavy atom. The van der Waals surface area contributed by atoms with E-state index in [0.29, 0.717) is 5.92 Å². The van der Waals surface area contributed by atoms with Crippen molar-refractivity contribution in [3.05, 3.63) is 57.7 Å². The van der Waals surface area contributed by atoms with Crippen LogP contribution in [0.2, 0.25) is 10.0 Å². The SMILES string of the molecule is C[N+](C)(C)CC1CN(c2nc3ccc(Cl)cc3s2)Cc2[nH]c3ccc(Cl)cc3c21.[I-]. The van der Waals surface area contributed by atoms with Crippen molar-refractivity contribution >= 4 is 60.8 Å². The predicted molar refractivity (Wildman–Crippen MR) is 125 cm³/mol. The summed E-state index contributed by atoms with van der Waals surface area (Å²) >= 11 is 14.2. The van der Waals surface area contributed by atoms with Crippen LogP contribution in [0.25, 0.3) is 21.1 Å². The van der Waals surface area contributed by atoms with E-state index >= 15 is 0 Å². The molecule has 158 valence electrons. The van der Waals surface area contributed by atoms with Gasteiger partial charge in [-0.1, -0.05) is 34.5 Å². The Bertz CT molecular complexity index is 1230. The van der Waals surface area contributed by atoms with Crippen LogP contribution in [0.1, 0.15) is 17.2 Å². The molecule has 4 nitrogen and oxygen atoms in total. The summed E-state index contributed by atoms with van der Waals surface area (Å²) in [6.45, 7) is 2.80. The lowest BCUT2D eigenvalue weighted by molar-refractivity contribution is -0.871. The molecule has 0 bridgehead atoms. The normalized spacial score (nSPS) is 16.7. The van der Waals surface area contributed by atoms with Crippen LogP contribution in [-0.4, -0.2) is 48.7 Å². The number of rotatable bonds is 3. The minimum Gasteiger partial charge on any atom is -1.00 e. The Labute approximate surface area is 207 Å². The summed E-state index contributed by atoms with van der Waals surface area (Å²) in [6.07, 6.45) is 0. The third-order valence-electron chi connectivity index (χ3n) is 5.46. The highest BCUT2D eigenvalue weighted by Crippen LogP contribution is 2.40. The van der Waals surface area contributed by atoms with Gasteiger partial charge >= 0.3 is 0 Å². The summed E-state index contributed by atoms with van der Waals surface area (Å²) in [4.78, 5) is 10.9. The quantitative estimate of drug-likeness (QED) is 0.302. The summed E-state index contributed by atoms with van der Waals surface area (Å²) in [5, 5.41) is 3.84. The van der Waals surface area contributed by atoms with Crippen LogP contribution in [0.4, 0.5) is 5.13 Å². The molecule has 1 aliphatic rings. The van der Waals surface area contributed by atoms with E-state index in [4.69, 9.17) is 28.2 Å². The van der Waals surface area contributed by atoms with E-state index in [0.717, 1.165) is 55.0 Å². The number of fused-ring (bicyclic) bond motifs is 4. The number of hydrogen-bond acceptors (Lipinski definition) is 3. The van der Waals surface area contributed by atoms with Gasteiger partial charge in [0.2, 0.25) is 0 Å². The highest BCUT2D eigenvalue weighted by atomic mass is 127. The molecule has 1 aliphatic heterocycles. The smallest absolute Gasteiger partial charge is 0.186 e. The molecule has 2 aromatic carbocycles. The van der Waals surface area contributed by atoms with E-state index in [9.17, 15) is 0 Å². The van der Waals surface area contributed by atoms with Crippen molar-refractivity contribution in [2.75, 3.05) is 39.1 Å². The zero-order chi connectivity index (χ0) is 20.3. The molecule has 4 aromatic rings. The zero-order valence-electron chi connectivity index (χ0n) is 17.0. The molecule has 0 saturated carbocycles. The van der Waals surface area contributed by atoms with E-state index in [1.165, 1.54) is 16.6 Å². The number of halogens is 3. The molecule has 0 aliphatic carbocycles. The van der Waals surface area contributed by atoms with Gasteiger partial charge in [0, 0.05) is 33.2 Å². The fraction of sp³-hybridized carbons (Fsp3) is 0.318. The number of aromatic amines is 1. The van der Waals surface area contributed by atoms with Gasteiger partial charge in [-0.2, -0.15) is 0 Å². The number of thiazole rings is 1. The lowest BCUT2D eigenvalue weighted by Gasteiger charge is -2.36. The molecule has 30 heavy (non-hydrogen) atoms. The molecule has 0 saturated heterocycles. The molecule has 0 amide bonds. The number of anilines is 1. The molecule has 1 atom stereocenters. The first-order valence-electron chi connectivity index (χ1n) is 9.68. The Balaban J connectivity index is 0.00000218. The van der Waals surface area contributed by atoms with Crippen LogP contribution in [0.5, 0.6) is 0 Å². The van der Waals surface area contributed by atoms with Gasteiger partial charge in [-0.05, 0) is 42.0 Å². The topological polar surface area (TPSA) is 31.9 Å².